The van der Waals surface area contributed by atoms with Crippen molar-refractivity contribution >= 4 is 11.8 Å². The first-order valence-corrected chi connectivity index (χ1v) is 6.95. The van der Waals surface area contributed by atoms with Crippen molar-refractivity contribution in [3.05, 3.63) is 23.0 Å². The van der Waals surface area contributed by atoms with Crippen LogP contribution in [0.15, 0.2) is 6.07 Å². The number of amides is 1. The summed E-state index contributed by atoms with van der Waals surface area (Å²) in [7, 11) is 1.88. The normalized spacial score (nSPS) is 14.8. The van der Waals surface area contributed by atoms with Crippen LogP contribution in [0.25, 0.3) is 0 Å². The molecule has 1 aromatic rings. The number of nitrogens with one attached hydrogen (secondary N) is 1. The highest BCUT2D eigenvalue weighted by molar-refractivity contribution is 5.68. The van der Waals surface area contributed by atoms with Crippen molar-refractivity contribution in [2.24, 2.45) is 0 Å². The van der Waals surface area contributed by atoms with Gasteiger partial charge in [0.1, 0.15) is 5.60 Å². The monoisotopic (exact) mass is 277 g/mol. The molecular weight excluding hydrogens is 254 g/mol. The predicted molar refractivity (Wildman–Crippen MR) is 78.9 cm³/mol. The number of rotatable bonds is 1. The van der Waals surface area contributed by atoms with Crippen LogP contribution in [0.5, 0.6) is 0 Å². The smallest absolute Gasteiger partial charge is 0.410 e. The zero-order valence-electron chi connectivity index (χ0n) is 12.9. The number of nitrogens with zero attached hydrogens (tertiary/aromatic N) is 2. The molecule has 0 atom stereocenters. The van der Waals surface area contributed by atoms with Crippen LogP contribution in [-0.4, -0.2) is 35.2 Å². The molecule has 0 radical (unpaired) electrons. The number of pyridine rings is 1. The molecule has 110 valence electrons. The number of ether oxygens (including phenoxy) is 1. The highest BCUT2D eigenvalue weighted by Crippen LogP contribution is 2.24. The number of aryl methyl sites for hydroxylation is 1. The lowest BCUT2D eigenvalue weighted by Gasteiger charge is -2.31. The summed E-state index contributed by atoms with van der Waals surface area (Å²) in [5.41, 5.74) is 3.73. The predicted octanol–water partition coefficient (Wildman–Crippen LogP) is 2.72. The van der Waals surface area contributed by atoms with Gasteiger partial charge in [0.15, 0.2) is 0 Å². The number of fused-ring (bicyclic) bond motifs is 1. The maximum Gasteiger partial charge on any atom is 0.410 e. The van der Waals surface area contributed by atoms with Crippen LogP contribution in [0.1, 0.15) is 37.7 Å². The Balaban J connectivity index is 2.16. The van der Waals surface area contributed by atoms with Crippen molar-refractivity contribution in [3.63, 3.8) is 0 Å². The minimum atomic E-state index is -0.459. The molecule has 5 nitrogen and oxygen atoms in total. The molecule has 0 bridgehead atoms. The summed E-state index contributed by atoms with van der Waals surface area (Å²) in [6.45, 7) is 8.86. The van der Waals surface area contributed by atoms with E-state index in [4.69, 9.17) is 4.74 Å². The maximum atomic E-state index is 12.1. The fourth-order valence-electron chi connectivity index (χ4n) is 2.31. The van der Waals surface area contributed by atoms with E-state index in [0.717, 1.165) is 29.1 Å². The van der Waals surface area contributed by atoms with Gasteiger partial charge in [-0.25, -0.2) is 4.79 Å². The van der Waals surface area contributed by atoms with Gasteiger partial charge in [-0.1, -0.05) is 0 Å². The lowest BCUT2D eigenvalue weighted by molar-refractivity contribution is 0.0223. The van der Waals surface area contributed by atoms with Gasteiger partial charge in [0, 0.05) is 25.7 Å². The van der Waals surface area contributed by atoms with Crippen LogP contribution >= 0.6 is 0 Å². The molecular formula is C15H23N3O2. The average Bonchev–Trinajstić information content (AvgIpc) is 2.35. The Labute approximate surface area is 120 Å². The number of hydrogen-bond donors (Lipinski definition) is 1. The Morgan fingerprint density at radius 1 is 1.45 bits per heavy atom. The first-order chi connectivity index (χ1) is 9.30. The topological polar surface area (TPSA) is 54.5 Å². The Bertz CT molecular complexity index is 521. The number of carbonyl (C=O) groups is 1. The van der Waals surface area contributed by atoms with E-state index in [1.54, 1.807) is 4.90 Å². The zero-order chi connectivity index (χ0) is 14.9. The van der Waals surface area contributed by atoms with Crippen molar-refractivity contribution in [3.8, 4) is 0 Å². The molecule has 1 aliphatic rings. The summed E-state index contributed by atoms with van der Waals surface area (Å²) in [6.07, 6.45) is 0.522. The van der Waals surface area contributed by atoms with E-state index in [-0.39, 0.29) is 6.09 Å². The second-order valence-corrected chi connectivity index (χ2v) is 6.13. The van der Waals surface area contributed by atoms with Gasteiger partial charge in [-0.2, -0.15) is 0 Å². The molecule has 0 spiro atoms. The third-order valence-corrected chi connectivity index (χ3v) is 3.28. The van der Waals surface area contributed by atoms with E-state index >= 15 is 0 Å². The molecule has 0 aromatic carbocycles. The lowest BCUT2D eigenvalue weighted by atomic mass is 10.0. The first-order valence-electron chi connectivity index (χ1n) is 6.95. The van der Waals surface area contributed by atoms with Gasteiger partial charge in [0.05, 0.1) is 17.9 Å². The average molecular weight is 277 g/mol. The molecule has 1 N–H and O–H groups in total. The Morgan fingerprint density at radius 2 is 2.15 bits per heavy atom. The molecule has 0 fully saturated rings. The van der Waals surface area contributed by atoms with Crippen molar-refractivity contribution in [2.45, 2.75) is 46.3 Å². The Morgan fingerprint density at radius 3 is 2.75 bits per heavy atom. The summed E-state index contributed by atoms with van der Waals surface area (Å²) >= 11 is 0. The van der Waals surface area contributed by atoms with Gasteiger partial charge in [-0.3, -0.25) is 4.98 Å². The maximum absolute atomic E-state index is 12.1. The van der Waals surface area contributed by atoms with Crippen LogP contribution in [0.2, 0.25) is 0 Å². The summed E-state index contributed by atoms with van der Waals surface area (Å²) in [5.74, 6) is 0. The van der Waals surface area contributed by atoms with Crippen molar-refractivity contribution in [1.29, 1.82) is 0 Å². The van der Waals surface area contributed by atoms with Gasteiger partial charge in [0.25, 0.3) is 0 Å². The highest BCUT2D eigenvalue weighted by atomic mass is 16.6. The van der Waals surface area contributed by atoms with E-state index < -0.39 is 5.60 Å². The van der Waals surface area contributed by atoms with Gasteiger partial charge in [-0.05, 0) is 39.3 Å². The molecule has 5 heteroatoms. The minimum Gasteiger partial charge on any atom is -0.444 e. The van der Waals surface area contributed by atoms with Crippen molar-refractivity contribution in [1.82, 2.24) is 9.88 Å². The van der Waals surface area contributed by atoms with E-state index in [1.807, 2.05) is 34.7 Å². The van der Waals surface area contributed by atoms with Crippen LogP contribution < -0.4 is 5.32 Å². The van der Waals surface area contributed by atoms with Crippen LogP contribution in [-0.2, 0) is 17.7 Å². The van der Waals surface area contributed by atoms with Crippen LogP contribution in [0.4, 0.5) is 10.5 Å². The second-order valence-electron chi connectivity index (χ2n) is 6.13. The summed E-state index contributed by atoms with van der Waals surface area (Å²) < 4.78 is 5.42. The molecule has 0 saturated heterocycles. The van der Waals surface area contributed by atoms with Crippen molar-refractivity contribution < 1.29 is 9.53 Å². The van der Waals surface area contributed by atoms with E-state index in [0.29, 0.717) is 13.1 Å². The van der Waals surface area contributed by atoms with Gasteiger partial charge >= 0.3 is 6.09 Å². The van der Waals surface area contributed by atoms with Gasteiger partial charge in [0.2, 0.25) is 0 Å². The number of aromatic nitrogens is 1. The van der Waals surface area contributed by atoms with Gasteiger partial charge in [-0.15, -0.1) is 0 Å². The third-order valence-electron chi connectivity index (χ3n) is 3.28. The number of carbonyl (C=O) groups excluding carboxylic acids is 1. The van der Waals surface area contributed by atoms with E-state index in [1.165, 1.54) is 0 Å². The molecule has 0 unspecified atom stereocenters. The summed E-state index contributed by atoms with van der Waals surface area (Å²) in [4.78, 5) is 18.5. The van der Waals surface area contributed by atoms with E-state index in [2.05, 4.69) is 16.4 Å². The largest absolute Gasteiger partial charge is 0.444 e. The molecule has 2 heterocycles. The molecule has 0 saturated carbocycles. The molecule has 1 aliphatic heterocycles. The van der Waals surface area contributed by atoms with Crippen molar-refractivity contribution in [2.75, 3.05) is 18.9 Å². The number of hydrogen-bond acceptors (Lipinski definition) is 4. The highest BCUT2D eigenvalue weighted by Gasteiger charge is 2.26. The lowest BCUT2D eigenvalue weighted by Crippen LogP contribution is -2.40. The summed E-state index contributed by atoms with van der Waals surface area (Å²) in [6, 6.07) is 2.08. The fraction of sp³-hybridized carbons (Fsp3) is 0.600. The number of anilines is 1. The molecule has 0 aliphatic carbocycles. The zero-order valence-corrected chi connectivity index (χ0v) is 12.9. The molecule has 1 aromatic heterocycles. The SMILES string of the molecule is CNc1cc2c(nc1C)CCN(C(=O)OC(C)(C)C)C2. The van der Waals surface area contributed by atoms with E-state index in [9.17, 15) is 4.79 Å². The molecule has 1 amide bonds. The summed E-state index contributed by atoms with van der Waals surface area (Å²) in [5, 5.41) is 3.13. The quantitative estimate of drug-likeness (QED) is 0.857. The van der Waals surface area contributed by atoms with Gasteiger partial charge < -0.3 is 15.0 Å². The third kappa shape index (κ3) is 3.21. The Kier molecular flexibility index (Phi) is 3.88. The second kappa shape index (κ2) is 5.31. The first kappa shape index (κ1) is 14.6. The minimum absolute atomic E-state index is 0.255. The molecule has 2 rings (SSSR count). The Hall–Kier alpha value is -1.78. The molecule has 20 heavy (non-hydrogen) atoms. The fourth-order valence-corrected chi connectivity index (χ4v) is 2.31. The van der Waals surface area contributed by atoms with Crippen LogP contribution in [0, 0.1) is 6.92 Å². The standard InChI is InChI=1S/C15H23N3O2/c1-10-13(16-5)8-11-9-18(7-6-12(11)17-10)14(19)20-15(2,3)4/h8,16H,6-7,9H2,1-5H3. The van der Waals surface area contributed by atoms with Crippen LogP contribution in [0.3, 0.4) is 0 Å².